The van der Waals surface area contributed by atoms with Gasteiger partial charge in [-0.25, -0.2) is 0 Å². The van der Waals surface area contributed by atoms with Crippen molar-refractivity contribution in [2.45, 2.75) is 32.0 Å². The van der Waals surface area contributed by atoms with Crippen molar-refractivity contribution in [3.05, 3.63) is 24.0 Å². The third-order valence-electron chi connectivity index (χ3n) is 2.60. The SMILES string of the molecule is COc1cncc(C(O)CCC(C)OC)c1. The normalized spacial score (nSPS) is 14.5. The maximum atomic E-state index is 9.93. The van der Waals surface area contributed by atoms with Gasteiger partial charge in [0.2, 0.25) is 0 Å². The van der Waals surface area contributed by atoms with Gasteiger partial charge in [-0.05, 0) is 25.8 Å². The van der Waals surface area contributed by atoms with Crippen LogP contribution in [0.2, 0.25) is 0 Å². The van der Waals surface area contributed by atoms with E-state index < -0.39 is 6.10 Å². The Morgan fingerprint density at radius 3 is 2.69 bits per heavy atom. The van der Waals surface area contributed by atoms with Gasteiger partial charge >= 0.3 is 0 Å². The Morgan fingerprint density at radius 2 is 2.06 bits per heavy atom. The Bertz CT molecular complexity index is 317. The highest BCUT2D eigenvalue weighted by molar-refractivity contribution is 5.24. The Hall–Kier alpha value is -1.13. The molecule has 1 aromatic heterocycles. The summed E-state index contributed by atoms with van der Waals surface area (Å²) in [7, 11) is 3.25. The van der Waals surface area contributed by atoms with E-state index in [0.29, 0.717) is 12.2 Å². The summed E-state index contributed by atoms with van der Waals surface area (Å²) in [6.07, 6.45) is 4.39. The first-order valence-corrected chi connectivity index (χ1v) is 5.37. The summed E-state index contributed by atoms with van der Waals surface area (Å²) in [5.74, 6) is 0.663. The van der Waals surface area contributed by atoms with Gasteiger partial charge in [0.05, 0.1) is 25.5 Å². The summed E-state index contributed by atoms with van der Waals surface area (Å²) in [5, 5.41) is 9.93. The van der Waals surface area contributed by atoms with E-state index in [2.05, 4.69) is 4.98 Å². The Balaban J connectivity index is 2.54. The largest absolute Gasteiger partial charge is 0.495 e. The van der Waals surface area contributed by atoms with Gasteiger partial charge in [-0.1, -0.05) is 0 Å². The minimum atomic E-state index is -0.514. The second-order valence-electron chi connectivity index (χ2n) is 3.80. The number of aliphatic hydroxyl groups excluding tert-OH is 1. The summed E-state index contributed by atoms with van der Waals surface area (Å²) >= 11 is 0. The van der Waals surface area contributed by atoms with Crippen molar-refractivity contribution in [3.63, 3.8) is 0 Å². The van der Waals surface area contributed by atoms with E-state index in [0.717, 1.165) is 12.0 Å². The minimum absolute atomic E-state index is 0.160. The zero-order valence-electron chi connectivity index (χ0n) is 10.0. The maximum Gasteiger partial charge on any atom is 0.137 e. The highest BCUT2D eigenvalue weighted by Gasteiger charge is 2.11. The third-order valence-corrected chi connectivity index (χ3v) is 2.60. The second-order valence-corrected chi connectivity index (χ2v) is 3.80. The number of aromatic nitrogens is 1. The van der Waals surface area contributed by atoms with Gasteiger partial charge in [0.15, 0.2) is 0 Å². The van der Waals surface area contributed by atoms with Crippen molar-refractivity contribution in [2.24, 2.45) is 0 Å². The molecule has 4 nitrogen and oxygen atoms in total. The molecular formula is C12H19NO3. The van der Waals surface area contributed by atoms with E-state index in [-0.39, 0.29) is 6.10 Å². The third kappa shape index (κ3) is 3.79. The molecule has 2 unspecified atom stereocenters. The standard InChI is InChI=1S/C12H19NO3/c1-9(15-2)4-5-12(14)10-6-11(16-3)8-13-7-10/h6-9,12,14H,4-5H2,1-3H3. The predicted octanol–water partition coefficient (Wildman–Crippen LogP) is 1.94. The van der Waals surface area contributed by atoms with E-state index in [4.69, 9.17) is 9.47 Å². The van der Waals surface area contributed by atoms with Crippen molar-refractivity contribution >= 4 is 0 Å². The van der Waals surface area contributed by atoms with Crippen molar-refractivity contribution in [2.75, 3.05) is 14.2 Å². The summed E-state index contributed by atoms with van der Waals surface area (Å²) < 4.78 is 10.2. The van der Waals surface area contributed by atoms with E-state index in [1.807, 2.05) is 6.92 Å². The van der Waals surface area contributed by atoms with Crippen molar-refractivity contribution in [3.8, 4) is 5.75 Å². The summed E-state index contributed by atoms with van der Waals surface area (Å²) in [4.78, 5) is 4.01. The van der Waals surface area contributed by atoms with Crippen LogP contribution in [0.4, 0.5) is 0 Å². The number of rotatable bonds is 6. The number of nitrogens with zero attached hydrogens (tertiary/aromatic N) is 1. The van der Waals surface area contributed by atoms with Crippen LogP contribution in [0.3, 0.4) is 0 Å². The molecule has 0 radical (unpaired) electrons. The van der Waals surface area contributed by atoms with Gasteiger partial charge in [-0.3, -0.25) is 4.98 Å². The lowest BCUT2D eigenvalue weighted by atomic mass is 10.0. The van der Waals surface area contributed by atoms with E-state index in [1.54, 1.807) is 32.7 Å². The van der Waals surface area contributed by atoms with Crippen molar-refractivity contribution in [1.29, 1.82) is 0 Å². The molecule has 0 aliphatic carbocycles. The first-order chi connectivity index (χ1) is 7.67. The fraction of sp³-hybridized carbons (Fsp3) is 0.583. The van der Waals surface area contributed by atoms with E-state index in [9.17, 15) is 5.11 Å². The van der Waals surface area contributed by atoms with Crippen LogP contribution < -0.4 is 4.74 Å². The lowest BCUT2D eigenvalue weighted by Gasteiger charge is -2.14. The van der Waals surface area contributed by atoms with Crippen molar-refractivity contribution < 1.29 is 14.6 Å². The molecule has 16 heavy (non-hydrogen) atoms. The molecule has 0 amide bonds. The fourth-order valence-corrected chi connectivity index (χ4v) is 1.41. The molecule has 0 bridgehead atoms. The van der Waals surface area contributed by atoms with Crippen LogP contribution in [0, 0.1) is 0 Å². The first-order valence-electron chi connectivity index (χ1n) is 5.37. The maximum absolute atomic E-state index is 9.93. The molecular weight excluding hydrogens is 206 g/mol. The predicted molar refractivity (Wildman–Crippen MR) is 61.5 cm³/mol. The molecule has 0 fully saturated rings. The number of methoxy groups -OCH3 is 2. The second kappa shape index (κ2) is 6.45. The molecule has 1 heterocycles. The number of hydrogen-bond acceptors (Lipinski definition) is 4. The molecule has 0 aromatic carbocycles. The zero-order valence-corrected chi connectivity index (χ0v) is 10.0. The summed E-state index contributed by atoms with van der Waals surface area (Å²) in [6.45, 7) is 1.98. The van der Waals surface area contributed by atoms with Gasteiger partial charge in [-0.2, -0.15) is 0 Å². The van der Waals surface area contributed by atoms with Crippen LogP contribution in [-0.2, 0) is 4.74 Å². The molecule has 0 saturated heterocycles. The quantitative estimate of drug-likeness (QED) is 0.803. The number of pyridine rings is 1. The molecule has 1 aromatic rings. The Morgan fingerprint density at radius 1 is 1.31 bits per heavy atom. The molecule has 4 heteroatoms. The molecule has 1 N–H and O–H groups in total. The van der Waals surface area contributed by atoms with Crippen LogP contribution in [-0.4, -0.2) is 30.4 Å². The Kier molecular flexibility index (Phi) is 5.22. The fourth-order valence-electron chi connectivity index (χ4n) is 1.41. The van der Waals surface area contributed by atoms with Gasteiger partial charge in [0, 0.05) is 18.9 Å². The van der Waals surface area contributed by atoms with Gasteiger partial charge < -0.3 is 14.6 Å². The van der Waals surface area contributed by atoms with Crippen LogP contribution in [0.25, 0.3) is 0 Å². The Labute approximate surface area is 96.2 Å². The van der Waals surface area contributed by atoms with Crippen molar-refractivity contribution in [1.82, 2.24) is 4.98 Å². The van der Waals surface area contributed by atoms with Crippen LogP contribution in [0.1, 0.15) is 31.4 Å². The summed E-state index contributed by atoms with van der Waals surface area (Å²) in [5.41, 5.74) is 0.780. The monoisotopic (exact) mass is 225 g/mol. The zero-order chi connectivity index (χ0) is 12.0. The topological polar surface area (TPSA) is 51.6 Å². The smallest absolute Gasteiger partial charge is 0.137 e. The van der Waals surface area contributed by atoms with Crippen LogP contribution in [0.5, 0.6) is 5.75 Å². The molecule has 2 atom stereocenters. The average Bonchev–Trinajstić information content (AvgIpc) is 2.35. The van der Waals surface area contributed by atoms with E-state index >= 15 is 0 Å². The molecule has 0 aliphatic rings. The lowest BCUT2D eigenvalue weighted by molar-refractivity contribution is 0.0849. The summed E-state index contributed by atoms with van der Waals surface area (Å²) in [6, 6.07) is 1.80. The van der Waals surface area contributed by atoms with E-state index in [1.165, 1.54) is 0 Å². The first kappa shape index (κ1) is 12.9. The molecule has 1 rings (SSSR count). The highest BCUT2D eigenvalue weighted by atomic mass is 16.5. The molecule has 0 spiro atoms. The van der Waals surface area contributed by atoms with Gasteiger partial charge in [-0.15, -0.1) is 0 Å². The number of aliphatic hydroxyl groups is 1. The van der Waals surface area contributed by atoms with Gasteiger partial charge in [0.25, 0.3) is 0 Å². The number of ether oxygens (including phenoxy) is 2. The average molecular weight is 225 g/mol. The van der Waals surface area contributed by atoms with Crippen LogP contribution in [0.15, 0.2) is 18.5 Å². The molecule has 0 aliphatic heterocycles. The van der Waals surface area contributed by atoms with Crippen LogP contribution >= 0.6 is 0 Å². The number of hydrogen-bond donors (Lipinski definition) is 1. The minimum Gasteiger partial charge on any atom is -0.495 e. The lowest BCUT2D eigenvalue weighted by Crippen LogP contribution is -2.08. The molecule has 0 saturated carbocycles. The van der Waals surface area contributed by atoms with Gasteiger partial charge in [0.1, 0.15) is 5.75 Å². The highest BCUT2D eigenvalue weighted by Crippen LogP contribution is 2.22. The molecule has 90 valence electrons.